The van der Waals surface area contributed by atoms with E-state index in [1.807, 2.05) is 30.3 Å². The SMILES string of the molecule is O=C(CN1CCn2nc(-c3ccc(Cl)cc3)cc2C1=O)NC(Cc1ccccc1)C(=O)O. The molecule has 0 saturated heterocycles. The molecule has 32 heavy (non-hydrogen) atoms. The molecule has 2 heterocycles. The Hall–Kier alpha value is -3.65. The summed E-state index contributed by atoms with van der Waals surface area (Å²) >= 11 is 5.93. The number of hydrogen-bond donors (Lipinski definition) is 2. The maximum absolute atomic E-state index is 12.9. The standard InChI is InChI=1S/C23H21ClN4O4/c24-17-8-6-16(7-9-17)18-13-20-22(30)27(10-11-28(20)26-18)14-21(29)25-19(23(31)32)12-15-4-2-1-3-5-15/h1-9,13,19H,10-12,14H2,(H,25,29)(H,31,32). The molecule has 164 valence electrons. The molecule has 0 saturated carbocycles. The maximum atomic E-state index is 12.9. The van der Waals surface area contributed by atoms with Crippen molar-refractivity contribution in [3.8, 4) is 11.3 Å². The van der Waals surface area contributed by atoms with Gasteiger partial charge in [0.25, 0.3) is 5.91 Å². The minimum Gasteiger partial charge on any atom is -0.480 e. The number of halogens is 1. The van der Waals surface area contributed by atoms with E-state index in [4.69, 9.17) is 11.6 Å². The van der Waals surface area contributed by atoms with Gasteiger partial charge in [0.05, 0.1) is 18.8 Å². The van der Waals surface area contributed by atoms with Crippen molar-refractivity contribution in [2.75, 3.05) is 13.1 Å². The Balaban J connectivity index is 1.42. The number of aromatic nitrogens is 2. The first-order valence-corrected chi connectivity index (χ1v) is 10.5. The molecule has 1 aliphatic heterocycles. The summed E-state index contributed by atoms with van der Waals surface area (Å²) in [4.78, 5) is 38.4. The molecule has 1 aliphatic rings. The zero-order valence-electron chi connectivity index (χ0n) is 17.1. The Morgan fingerprint density at radius 1 is 1.09 bits per heavy atom. The predicted molar refractivity (Wildman–Crippen MR) is 118 cm³/mol. The van der Waals surface area contributed by atoms with E-state index >= 15 is 0 Å². The number of aliphatic carboxylic acids is 1. The van der Waals surface area contributed by atoms with Crippen LogP contribution in [0.3, 0.4) is 0 Å². The molecular formula is C23H21ClN4O4. The normalized spacial score (nSPS) is 14.0. The van der Waals surface area contributed by atoms with E-state index in [1.165, 1.54) is 4.90 Å². The van der Waals surface area contributed by atoms with Crippen molar-refractivity contribution in [2.24, 2.45) is 0 Å². The molecule has 2 aromatic carbocycles. The first-order valence-electron chi connectivity index (χ1n) is 10.1. The van der Waals surface area contributed by atoms with Crippen molar-refractivity contribution in [3.63, 3.8) is 0 Å². The summed E-state index contributed by atoms with van der Waals surface area (Å²) < 4.78 is 1.62. The van der Waals surface area contributed by atoms with E-state index in [0.717, 1.165) is 11.1 Å². The Bertz CT molecular complexity index is 1140. The van der Waals surface area contributed by atoms with E-state index in [-0.39, 0.29) is 18.9 Å². The fourth-order valence-corrected chi connectivity index (χ4v) is 3.74. The van der Waals surface area contributed by atoms with Gasteiger partial charge < -0.3 is 15.3 Å². The van der Waals surface area contributed by atoms with E-state index < -0.39 is 17.9 Å². The van der Waals surface area contributed by atoms with Crippen LogP contribution < -0.4 is 5.32 Å². The quantitative estimate of drug-likeness (QED) is 0.573. The second kappa shape index (κ2) is 9.23. The van der Waals surface area contributed by atoms with Crippen molar-refractivity contribution >= 4 is 29.4 Å². The number of nitrogens with zero attached hydrogens (tertiary/aromatic N) is 3. The number of nitrogens with one attached hydrogen (secondary N) is 1. The van der Waals surface area contributed by atoms with Crippen LogP contribution in [0.1, 0.15) is 16.1 Å². The number of hydrogen-bond acceptors (Lipinski definition) is 4. The number of carboxylic acid groups (broad SMARTS) is 1. The van der Waals surface area contributed by atoms with Crippen molar-refractivity contribution in [1.29, 1.82) is 0 Å². The molecule has 0 spiro atoms. The van der Waals surface area contributed by atoms with Gasteiger partial charge in [0, 0.05) is 23.6 Å². The topological polar surface area (TPSA) is 105 Å². The maximum Gasteiger partial charge on any atom is 0.326 e. The number of rotatable bonds is 7. The first kappa shape index (κ1) is 21.6. The highest BCUT2D eigenvalue weighted by Crippen LogP contribution is 2.23. The van der Waals surface area contributed by atoms with Crippen LogP contribution in [-0.4, -0.2) is 56.7 Å². The molecule has 8 nitrogen and oxygen atoms in total. The van der Waals surface area contributed by atoms with E-state index in [0.29, 0.717) is 29.5 Å². The zero-order chi connectivity index (χ0) is 22.7. The summed E-state index contributed by atoms with van der Waals surface area (Å²) in [6, 6.07) is 16.8. The highest BCUT2D eigenvalue weighted by Gasteiger charge is 2.29. The number of benzene rings is 2. The summed E-state index contributed by atoms with van der Waals surface area (Å²) in [5.41, 5.74) is 2.66. The van der Waals surface area contributed by atoms with Crippen LogP contribution in [0.15, 0.2) is 60.7 Å². The third kappa shape index (κ3) is 4.81. The molecule has 3 aromatic rings. The summed E-state index contributed by atoms with van der Waals surface area (Å²) in [6.45, 7) is 0.518. The summed E-state index contributed by atoms with van der Waals surface area (Å²) in [7, 11) is 0. The smallest absolute Gasteiger partial charge is 0.326 e. The molecule has 4 rings (SSSR count). The van der Waals surface area contributed by atoms with Crippen molar-refractivity contribution < 1.29 is 19.5 Å². The Morgan fingerprint density at radius 2 is 1.81 bits per heavy atom. The molecule has 9 heteroatoms. The highest BCUT2D eigenvalue weighted by atomic mass is 35.5. The summed E-state index contributed by atoms with van der Waals surface area (Å²) in [5.74, 6) is -1.97. The van der Waals surface area contributed by atoms with E-state index in [9.17, 15) is 19.5 Å². The lowest BCUT2D eigenvalue weighted by Gasteiger charge is -2.27. The third-order valence-electron chi connectivity index (χ3n) is 5.26. The van der Waals surface area contributed by atoms with E-state index in [1.54, 1.807) is 35.0 Å². The van der Waals surface area contributed by atoms with Gasteiger partial charge in [-0.25, -0.2) is 4.79 Å². The average Bonchev–Trinajstić information content (AvgIpc) is 3.21. The minimum absolute atomic E-state index is 0.160. The van der Waals surface area contributed by atoms with Crippen LogP contribution in [0.5, 0.6) is 0 Å². The predicted octanol–water partition coefficient (Wildman–Crippen LogP) is 2.47. The van der Waals surface area contributed by atoms with Gasteiger partial charge in [-0.2, -0.15) is 5.10 Å². The number of carbonyl (C=O) groups excluding carboxylic acids is 2. The van der Waals surface area contributed by atoms with Crippen LogP contribution in [0.2, 0.25) is 5.02 Å². The largest absolute Gasteiger partial charge is 0.480 e. The first-order chi connectivity index (χ1) is 15.4. The van der Waals surface area contributed by atoms with Crippen LogP contribution in [0, 0.1) is 0 Å². The van der Waals surface area contributed by atoms with Gasteiger partial charge in [-0.15, -0.1) is 0 Å². The van der Waals surface area contributed by atoms with Crippen LogP contribution in [-0.2, 0) is 22.6 Å². The highest BCUT2D eigenvalue weighted by molar-refractivity contribution is 6.30. The molecule has 2 N–H and O–H groups in total. The zero-order valence-corrected chi connectivity index (χ0v) is 17.8. The second-order valence-corrected chi connectivity index (χ2v) is 7.96. The van der Waals surface area contributed by atoms with Gasteiger partial charge in [-0.3, -0.25) is 14.3 Å². The Kier molecular flexibility index (Phi) is 6.23. The molecule has 1 unspecified atom stereocenters. The lowest BCUT2D eigenvalue weighted by Crippen LogP contribution is -2.50. The number of amides is 2. The van der Waals surface area contributed by atoms with Gasteiger partial charge in [0.1, 0.15) is 11.7 Å². The summed E-state index contributed by atoms with van der Waals surface area (Å²) in [5, 5.41) is 17.1. The minimum atomic E-state index is -1.13. The lowest BCUT2D eigenvalue weighted by molar-refractivity contribution is -0.141. The molecule has 0 bridgehead atoms. The fourth-order valence-electron chi connectivity index (χ4n) is 3.61. The Labute approximate surface area is 189 Å². The number of fused-ring (bicyclic) bond motifs is 1. The lowest BCUT2D eigenvalue weighted by atomic mass is 10.1. The number of carboxylic acids is 1. The molecule has 2 amide bonds. The third-order valence-corrected chi connectivity index (χ3v) is 5.51. The molecule has 0 fully saturated rings. The Morgan fingerprint density at radius 3 is 2.50 bits per heavy atom. The van der Waals surface area contributed by atoms with Gasteiger partial charge in [0.15, 0.2) is 0 Å². The van der Waals surface area contributed by atoms with Crippen molar-refractivity contribution in [1.82, 2.24) is 20.0 Å². The van der Waals surface area contributed by atoms with Gasteiger partial charge in [-0.05, 0) is 23.8 Å². The number of carbonyl (C=O) groups is 3. The monoisotopic (exact) mass is 452 g/mol. The second-order valence-electron chi connectivity index (χ2n) is 7.52. The van der Waals surface area contributed by atoms with Crippen LogP contribution >= 0.6 is 11.6 Å². The van der Waals surface area contributed by atoms with E-state index in [2.05, 4.69) is 10.4 Å². The van der Waals surface area contributed by atoms with Crippen molar-refractivity contribution in [3.05, 3.63) is 76.9 Å². The van der Waals surface area contributed by atoms with Crippen LogP contribution in [0.25, 0.3) is 11.3 Å². The summed E-state index contributed by atoms with van der Waals surface area (Å²) in [6.07, 6.45) is 0.160. The van der Waals surface area contributed by atoms with Crippen LogP contribution in [0.4, 0.5) is 0 Å². The van der Waals surface area contributed by atoms with Gasteiger partial charge in [-0.1, -0.05) is 54.1 Å². The molecular weight excluding hydrogens is 432 g/mol. The molecule has 0 radical (unpaired) electrons. The fraction of sp³-hybridized carbons (Fsp3) is 0.217. The van der Waals surface area contributed by atoms with Crippen molar-refractivity contribution in [2.45, 2.75) is 19.0 Å². The van der Waals surface area contributed by atoms with Gasteiger partial charge >= 0.3 is 5.97 Å². The average molecular weight is 453 g/mol. The molecule has 1 atom stereocenters. The van der Waals surface area contributed by atoms with Gasteiger partial charge in [0.2, 0.25) is 5.91 Å². The molecule has 0 aliphatic carbocycles. The molecule has 1 aromatic heterocycles.